The lowest BCUT2D eigenvalue weighted by Crippen LogP contribution is -2.49. The molecule has 2 aromatic carbocycles. The molecule has 39 heavy (non-hydrogen) atoms. The highest BCUT2D eigenvalue weighted by Gasteiger charge is 2.31. The molecule has 1 atom stereocenters. The molecule has 4 aromatic rings. The van der Waals surface area contributed by atoms with Crippen molar-refractivity contribution in [1.29, 1.82) is 0 Å². The van der Waals surface area contributed by atoms with Crippen LogP contribution < -0.4 is 9.64 Å². The molecular weight excluding hydrogens is 528 g/mol. The van der Waals surface area contributed by atoms with Gasteiger partial charge in [-0.15, -0.1) is 11.3 Å². The number of hydrogen-bond acceptors (Lipinski definition) is 7. The molecule has 2 aromatic heterocycles. The van der Waals surface area contributed by atoms with Crippen molar-refractivity contribution in [2.24, 2.45) is 5.92 Å². The highest BCUT2D eigenvalue weighted by molar-refractivity contribution is 7.89. The molecule has 9 heteroatoms. The van der Waals surface area contributed by atoms with Gasteiger partial charge in [0.2, 0.25) is 10.0 Å². The molecule has 204 valence electrons. The Morgan fingerprint density at radius 2 is 1.72 bits per heavy atom. The Bertz CT molecular complexity index is 1560. The molecule has 1 aliphatic heterocycles. The normalized spacial score (nSPS) is 18.3. The first-order valence-corrected chi connectivity index (χ1v) is 15.9. The number of methoxy groups -OCH3 is 1. The predicted octanol–water partition coefficient (Wildman–Crippen LogP) is 5.12. The van der Waals surface area contributed by atoms with E-state index >= 15 is 0 Å². The van der Waals surface area contributed by atoms with Crippen LogP contribution in [0, 0.1) is 5.92 Å². The van der Waals surface area contributed by atoms with Gasteiger partial charge < -0.3 is 9.64 Å². The highest BCUT2D eigenvalue weighted by atomic mass is 32.2. The summed E-state index contributed by atoms with van der Waals surface area (Å²) in [6.45, 7) is 4.36. The fourth-order valence-electron chi connectivity index (χ4n) is 5.64. The Kier molecular flexibility index (Phi) is 7.31. The van der Waals surface area contributed by atoms with Crippen LogP contribution in [-0.2, 0) is 35.7 Å². The van der Waals surface area contributed by atoms with E-state index in [9.17, 15) is 8.42 Å². The zero-order valence-corrected chi connectivity index (χ0v) is 24.1. The predicted molar refractivity (Wildman–Crippen MR) is 156 cm³/mol. The van der Waals surface area contributed by atoms with E-state index in [1.165, 1.54) is 27.8 Å². The summed E-state index contributed by atoms with van der Waals surface area (Å²) in [5, 5.41) is 1.19. The second-order valence-corrected chi connectivity index (χ2v) is 13.6. The lowest BCUT2D eigenvalue weighted by Gasteiger charge is -2.35. The third-order valence-corrected chi connectivity index (χ3v) is 11.0. The lowest BCUT2D eigenvalue weighted by molar-refractivity contribution is 0.383. The van der Waals surface area contributed by atoms with Crippen LogP contribution in [0.25, 0.3) is 10.2 Å². The number of sulfonamides is 1. The number of rotatable bonds is 7. The van der Waals surface area contributed by atoms with Gasteiger partial charge in [-0.25, -0.2) is 18.4 Å². The van der Waals surface area contributed by atoms with Crippen molar-refractivity contribution in [2.45, 2.75) is 43.9 Å². The summed E-state index contributed by atoms with van der Waals surface area (Å²) >= 11 is 1.83. The van der Waals surface area contributed by atoms with E-state index < -0.39 is 10.0 Å². The quantitative estimate of drug-likeness (QED) is 0.311. The molecule has 1 aliphatic carbocycles. The number of thiophene rings is 1. The van der Waals surface area contributed by atoms with E-state index in [0.717, 1.165) is 42.2 Å². The van der Waals surface area contributed by atoms with Crippen molar-refractivity contribution in [3.8, 4) is 5.75 Å². The van der Waals surface area contributed by atoms with E-state index in [0.29, 0.717) is 42.7 Å². The van der Waals surface area contributed by atoms with Crippen molar-refractivity contribution < 1.29 is 13.2 Å². The van der Waals surface area contributed by atoms with E-state index in [1.54, 1.807) is 35.7 Å². The summed E-state index contributed by atoms with van der Waals surface area (Å²) in [4.78, 5) is 15.3. The van der Waals surface area contributed by atoms with Crippen LogP contribution in [0.5, 0.6) is 5.75 Å². The minimum absolute atomic E-state index is 0.297. The summed E-state index contributed by atoms with van der Waals surface area (Å²) in [5.74, 6) is 3.17. The number of ether oxygens (including phenoxy) is 1. The van der Waals surface area contributed by atoms with Gasteiger partial charge in [0.25, 0.3) is 0 Å². The zero-order chi connectivity index (χ0) is 27.0. The maximum atomic E-state index is 13.3. The van der Waals surface area contributed by atoms with Crippen LogP contribution in [0.3, 0.4) is 0 Å². The number of fused-ring (bicyclic) bond motifs is 3. The summed E-state index contributed by atoms with van der Waals surface area (Å²) in [5.41, 5.74) is 2.69. The van der Waals surface area contributed by atoms with Gasteiger partial charge in [-0.3, -0.25) is 0 Å². The Hall–Kier alpha value is -3.01. The Morgan fingerprint density at radius 3 is 2.44 bits per heavy atom. The van der Waals surface area contributed by atoms with E-state index in [4.69, 9.17) is 14.7 Å². The van der Waals surface area contributed by atoms with Crippen molar-refractivity contribution in [3.63, 3.8) is 0 Å². The molecule has 1 saturated heterocycles. The summed E-state index contributed by atoms with van der Waals surface area (Å²) in [6, 6.07) is 17.1. The molecule has 0 amide bonds. The SMILES string of the molecule is COc1ccc(S(=O)(=O)N2CCN(c3nc(CCc4ccccc4)nc4sc5c(c34)CC[C@@H](C)C5)CC2)cc1. The molecule has 0 bridgehead atoms. The van der Waals surface area contributed by atoms with Crippen LogP contribution in [0.15, 0.2) is 59.5 Å². The maximum Gasteiger partial charge on any atom is 0.243 e. The first kappa shape index (κ1) is 26.2. The second-order valence-electron chi connectivity index (χ2n) is 10.5. The fraction of sp³-hybridized carbons (Fsp3) is 0.400. The summed E-state index contributed by atoms with van der Waals surface area (Å²) in [6.07, 6.45) is 5.01. The standard InChI is InChI=1S/C30H34N4O3S2/c1-21-8-14-25-26(20-21)38-30-28(25)29(31-27(32-30)15-9-22-6-4-3-5-7-22)33-16-18-34(19-17-33)39(35,36)24-12-10-23(37-2)11-13-24/h3-7,10-13,21H,8-9,14-20H2,1-2H3/t21-/m1/s1. The number of aryl methyl sites for hydroxylation is 3. The lowest BCUT2D eigenvalue weighted by atomic mass is 9.89. The van der Waals surface area contributed by atoms with Crippen molar-refractivity contribution in [1.82, 2.24) is 14.3 Å². The van der Waals surface area contributed by atoms with Gasteiger partial charge in [0.15, 0.2) is 0 Å². The van der Waals surface area contributed by atoms with Gasteiger partial charge in [-0.1, -0.05) is 37.3 Å². The molecular formula is C30H34N4O3S2. The molecule has 0 spiro atoms. The molecule has 0 radical (unpaired) electrons. The van der Waals surface area contributed by atoms with Gasteiger partial charge >= 0.3 is 0 Å². The number of nitrogens with zero attached hydrogens (tertiary/aromatic N) is 4. The minimum Gasteiger partial charge on any atom is -0.497 e. The second kappa shape index (κ2) is 10.9. The topological polar surface area (TPSA) is 75.6 Å². The van der Waals surface area contributed by atoms with Crippen molar-refractivity contribution in [2.75, 3.05) is 38.2 Å². The van der Waals surface area contributed by atoms with Gasteiger partial charge in [-0.05, 0) is 67.0 Å². The number of benzene rings is 2. The summed E-state index contributed by atoms with van der Waals surface area (Å²) in [7, 11) is -2.00. The Balaban J connectivity index is 1.28. The number of hydrogen-bond donors (Lipinski definition) is 0. The molecule has 0 N–H and O–H groups in total. The van der Waals surface area contributed by atoms with Gasteiger partial charge in [0, 0.05) is 37.5 Å². The number of aromatic nitrogens is 2. The third-order valence-electron chi connectivity index (χ3n) is 7.90. The van der Waals surface area contributed by atoms with Crippen LogP contribution in [0.2, 0.25) is 0 Å². The average Bonchev–Trinajstić information content (AvgIpc) is 3.33. The van der Waals surface area contributed by atoms with Crippen LogP contribution in [-0.4, -0.2) is 56.0 Å². The monoisotopic (exact) mass is 562 g/mol. The Morgan fingerprint density at radius 1 is 0.974 bits per heavy atom. The first-order valence-electron chi connectivity index (χ1n) is 13.7. The highest BCUT2D eigenvalue weighted by Crippen LogP contribution is 2.41. The molecule has 0 unspecified atom stereocenters. The molecule has 0 saturated carbocycles. The molecule has 6 rings (SSSR count). The largest absolute Gasteiger partial charge is 0.497 e. The van der Waals surface area contributed by atoms with Crippen molar-refractivity contribution in [3.05, 3.63) is 76.4 Å². The van der Waals surface area contributed by atoms with Crippen LogP contribution >= 0.6 is 11.3 Å². The van der Waals surface area contributed by atoms with E-state index in [1.807, 2.05) is 17.4 Å². The zero-order valence-electron chi connectivity index (χ0n) is 22.5. The smallest absolute Gasteiger partial charge is 0.243 e. The maximum absolute atomic E-state index is 13.3. The van der Waals surface area contributed by atoms with Crippen molar-refractivity contribution >= 4 is 37.4 Å². The van der Waals surface area contributed by atoms with E-state index in [2.05, 4.69) is 36.1 Å². The van der Waals surface area contributed by atoms with Gasteiger partial charge in [0.1, 0.15) is 22.2 Å². The van der Waals surface area contributed by atoms with Crippen LogP contribution in [0.4, 0.5) is 5.82 Å². The molecule has 1 fully saturated rings. The van der Waals surface area contributed by atoms with Gasteiger partial charge in [0.05, 0.1) is 17.4 Å². The fourth-order valence-corrected chi connectivity index (χ4v) is 8.46. The number of piperazine rings is 1. The molecule has 7 nitrogen and oxygen atoms in total. The molecule has 3 heterocycles. The minimum atomic E-state index is -3.57. The van der Waals surface area contributed by atoms with Crippen LogP contribution in [0.1, 0.15) is 35.2 Å². The number of anilines is 1. The average molecular weight is 563 g/mol. The summed E-state index contributed by atoms with van der Waals surface area (Å²) < 4.78 is 33.5. The molecule has 2 aliphatic rings. The first-order chi connectivity index (χ1) is 18.9. The Labute approximate surface area is 234 Å². The van der Waals surface area contributed by atoms with Gasteiger partial charge in [-0.2, -0.15) is 4.31 Å². The van der Waals surface area contributed by atoms with E-state index in [-0.39, 0.29) is 0 Å². The third kappa shape index (κ3) is 5.27.